The topological polar surface area (TPSA) is 61.0 Å². The number of rotatable bonds is 3. The van der Waals surface area contributed by atoms with Crippen LogP contribution in [-0.4, -0.2) is 15.7 Å². The molecule has 0 unspecified atom stereocenters. The molecular formula is C15H10F3N3OS. The van der Waals surface area contributed by atoms with Crippen LogP contribution < -0.4 is 10.5 Å². The van der Waals surface area contributed by atoms with E-state index in [1.54, 1.807) is 24.3 Å². The summed E-state index contributed by atoms with van der Waals surface area (Å²) >= 11 is 1.17. The molecule has 0 amide bonds. The normalized spacial score (nSPS) is 11.4. The zero-order chi connectivity index (χ0) is 16.4. The summed E-state index contributed by atoms with van der Waals surface area (Å²) in [6.45, 7) is 0. The molecule has 3 rings (SSSR count). The Morgan fingerprint density at radius 2 is 1.52 bits per heavy atom. The molecule has 0 radical (unpaired) electrons. The number of hydrogen-bond donors (Lipinski definition) is 1. The van der Waals surface area contributed by atoms with Crippen molar-refractivity contribution in [2.75, 3.05) is 5.73 Å². The van der Waals surface area contributed by atoms with Crippen molar-refractivity contribution in [2.45, 2.75) is 6.36 Å². The molecule has 0 saturated carbocycles. The fourth-order valence-corrected chi connectivity index (χ4v) is 2.58. The van der Waals surface area contributed by atoms with Gasteiger partial charge in [-0.05, 0) is 60.1 Å². The maximum Gasteiger partial charge on any atom is 0.573 e. The number of nitrogens with zero attached hydrogens (tertiary/aromatic N) is 2. The Balaban J connectivity index is 1.81. The van der Waals surface area contributed by atoms with Crippen molar-refractivity contribution >= 4 is 17.2 Å². The van der Waals surface area contributed by atoms with E-state index in [0.29, 0.717) is 22.1 Å². The average Bonchev–Trinajstić information content (AvgIpc) is 2.97. The Labute approximate surface area is 133 Å². The molecule has 1 heterocycles. The molecule has 118 valence electrons. The summed E-state index contributed by atoms with van der Waals surface area (Å²) in [6.07, 6.45) is -4.70. The molecule has 4 nitrogen and oxygen atoms in total. The molecule has 0 atom stereocenters. The van der Waals surface area contributed by atoms with Crippen molar-refractivity contribution in [2.24, 2.45) is 0 Å². The maximum absolute atomic E-state index is 12.1. The smallest absolute Gasteiger partial charge is 0.406 e. The largest absolute Gasteiger partial charge is 0.573 e. The van der Waals surface area contributed by atoms with Crippen LogP contribution in [0.15, 0.2) is 48.5 Å². The molecule has 3 aromatic rings. The van der Waals surface area contributed by atoms with Gasteiger partial charge in [-0.2, -0.15) is 4.37 Å². The molecule has 2 N–H and O–H groups in total. The molecule has 0 spiro atoms. The molecule has 0 saturated heterocycles. The highest BCUT2D eigenvalue weighted by molar-refractivity contribution is 7.09. The van der Waals surface area contributed by atoms with Crippen LogP contribution in [0.4, 0.5) is 18.9 Å². The third-order valence-electron chi connectivity index (χ3n) is 2.93. The number of alkyl halides is 3. The van der Waals surface area contributed by atoms with Crippen molar-refractivity contribution in [3.05, 3.63) is 48.5 Å². The van der Waals surface area contributed by atoms with Crippen molar-refractivity contribution in [3.8, 4) is 27.7 Å². The zero-order valence-corrected chi connectivity index (χ0v) is 12.4. The average molecular weight is 337 g/mol. The number of aromatic nitrogens is 2. The van der Waals surface area contributed by atoms with Crippen LogP contribution >= 0.6 is 11.5 Å². The lowest BCUT2D eigenvalue weighted by Crippen LogP contribution is -2.16. The third kappa shape index (κ3) is 3.78. The number of anilines is 1. The van der Waals surface area contributed by atoms with Crippen molar-refractivity contribution < 1.29 is 17.9 Å². The SMILES string of the molecule is Nc1ccc(-c2nsc(-c3ccc(OC(F)(F)F)cc3)n2)cc1. The standard InChI is InChI=1S/C15H10F3N3OS/c16-15(17,18)22-12-7-3-10(4-8-12)14-20-13(21-23-14)9-1-5-11(19)6-2-9/h1-8H,19H2. The highest BCUT2D eigenvalue weighted by Crippen LogP contribution is 2.29. The van der Waals surface area contributed by atoms with Crippen LogP contribution in [0.25, 0.3) is 22.0 Å². The van der Waals surface area contributed by atoms with E-state index in [9.17, 15) is 13.2 Å². The monoisotopic (exact) mass is 337 g/mol. The lowest BCUT2D eigenvalue weighted by atomic mass is 10.2. The molecule has 1 aromatic heterocycles. The van der Waals surface area contributed by atoms with Gasteiger partial charge in [0.25, 0.3) is 0 Å². The first-order valence-corrected chi connectivity index (χ1v) is 7.24. The Morgan fingerprint density at radius 1 is 0.913 bits per heavy atom. The number of nitrogen functional groups attached to an aromatic ring is 1. The van der Waals surface area contributed by atoms with Gasteiger partial charge < -0.3 is 10.5 Å². The van der Waals surface area contributed by atoms with Gasteiger partial charge in [-0.25, -0.2) is 4.98 Å². The van der Waals surface area contributed by atoms with Crippen molar-refractivity contribution in [3.63, 3.8) is 0 Å². The fourth-order valence-electron chi connectivity index (χ4n) is 1.89. The van der Waals surface area contributed by atoms with E-state index < -0.39 is 6.36 Å². The second-order valence-electron chi connectivity index (χ2n) is 4.62. The minimum atomic E-state index is -4.70. The fraction of sp³-hybridized carbons (Fsp3) is 0.0667. The molecule has 2 aromatic carbocycles. The molecule has 0 aliphatic carbocycles. The summed E-state index contributed by atoms with van der Waals surface area (Å²) in [5.74, 6) is 0.269. The van der Waals surface area contributed by atoms with E-state index in [4.69, 9.17) is 5.73 Å². The minimum Gasteiger partial charge on any atom is -0.406 e. The summed E-state index contributed by atoms with van der Waals surface area (Å²) in [4.78, 5) is 4.39. The van der Waals surface area contributed by atoms with Gasteiger partial charge in [0.05, 0.1) is 0 Å². The van der Waals surface area contributed by atoms with Crippen LogP contribution in [0.3, 0.4) is 0 Å². The van der Waals surface area contributed by atoms with Gasteiger partial charge in [0.1, 0.15) is 10.8 Å². The van der Waals surface area contributed by atoms with Gasteiger partial charge in [0.2, 0.25) is 0 Å². The Morgan fingerprint density at radius 3 is 2.13 bits per heavy atom. The molecular weight excluding hydrogens is 327 g/mol. The van der Waals surface area contributed by atoms with Crippen LogP contribution in [0.5, 0.6) is 5.75 Å². The van der Waals surface area contributed by atoms with E-state index in [-0.39, 0.29) is 5.75 Å². The molecule has 0 aliphatic heterocycles. The minimum absolute atomic E-state index is 0.274. The Hall–Kier alpha value is -2.61. The first-order valence-electron chi connectivity index (χ1n) is 6.46. The summed E-state index contributed by atoms with van der Waals surface area (Å²) in [5, 5.41) is 0.607. The molecule has 0 fully saturated rings. The van der Waals surface area contributed by atoms with Crippen LogP contribution in [0.1, 0.15) is 0 Å². The van der Waals surface area contributed by atoms with Crippen molar-refractivity contribution in [1.29, 1.82) is 0 Å². The van der Waals surface area contributed by atoms with Gasteiger partial charge in [-0.15, -0.1) is 13.2 Å². The second-order valence-corrected chi connectivity index (χ2v) is 5.37. The maximum atomic E-state index is 12.1. The number of hydrogen-bond acceptors (Lipinski definition) is 5. The van der Waals surface area contributed by atoms with Crippen LogP contribution in [-0.2, 0) is 0 Å². The van der Waals surface area contributed by atoms with E-state index in [2.05, 4.69) is 14.1 Å². The molecule has 23 heavy (non-hydrogen) atoms. The van der Waals surface area contributed by atoms with E-state index >= 15 is 0 Å². The van der Waals surface area contributed by atoms with Gasteiger partial charge in [0.15, 0.2) is 5.82 Å². The first-order chi connectivity index (χ1) is 10.9. The first kappa shape index (κ1) is 15.3. The lowest BCUT2D eigenvalue weighted by molar-refractivity contribution is -0.274. The van der Waals surface area contributed by atoms with Gasteiger partial charge in [-0.1, -0.05) is 0 Å². The summed E-state index contributed by atoms with van der Waals surface area (Å²) < 4.78 is 44.5. The van der Waals surface area contributed by atoms with E-state index in [1.165, 1.54) is 35.8 Å². The number of ether oxygens (including phenoxy) is 1. The van der Waals surface area contributed by atoms with Crippen LogP contribution in [0, 0.1) is 0 Å². The highest BCUT2D eigenvalue weighted by Gasteiger charge is 2.31. The zero-order valence-electron chi connectivity index (χ0n) is 11.5. The molecule has 8 heteroatoms. The molecule has 0 aliphatic rings. The predicted molar refractivity (Wildman–Crippen MR) is 81.9 cm³/mol. The quantitative estimate of drug-likeness (QED) is 0.722. The summed E-state index contributed by atoms with van der Waals surface area (Å²) in [5.41, 5.74) is 7.76. The number of benzene rings is 2. The number of halogens is 3. The van der Waals surface area contributed by atoms with Gasteiger partial charge in [-0.3, -0.25) is 0 Å². The second kappa shape index (κ2) is 5.88. The molecule has 0 bridgehead atoms. The van der Waals surface area contributed by atoms with Gasteiger partial charge >= 0.3 is 6.36 Å². The predicted octanol–water partition coefficient (Wildman–Crippen LogP) is 4.35. The lowest BCUT2D eigenvalue weighted by Gasteiger charge is -2.08. The van der Waals surface area contributed by atoms with E-state index in [0.717, 1.165) is 5.56 Å². The highest BCUT2D eigenvalue weighted by atomic mass is 32.1. The summed E-state index contributed by atoms with van der Waals surface area (Å²) in [6, 6.07) is 12.6. The van der Waals surface area contributed by atoms with Crippen molar-refractivity contribution in [1.82, 2.24) is 9.36 Å². The number of nitrogens with two attached hydrogens (primary N) is 1. The van der Waals surface area contributed by atoms with Crippen LogP contribution in [0.2, 0.25) is 0 Å². The van der Waals surface area contributed by atoms with Gasteiger partial charge in [0, 0.05) is 16.8 Å². The third-order valence-corrected chi connectivity index (χ3v) is 3.69. The Kier molecular flexibility index (Phi) is 3.91. The Bertz CT molecular complexity index is 798. The summed E-state index contributed by atoms with van der Waals surface area (Å²) in [7, 11) is 0. The van der Waals surface area contributed by atoms with E-state index in [1.807, 2.05) is 0 Å².